The van der Waals surface area contributed by atoms with Gasteiger partial charge in [0.25, 0.3) is 0 Å². The van der Waals surface area contributed by atoms with Crippen molar-refractivity contribution in [1.82, 2.24) is 0 Å². The number of hydrogen-bond acceptors (Lipinski definition) is 4. The molecule has 10 aromatic rings. The summed E-state index contributed by atoms with van der Waals surface area (Å²) in [5.41, 5.74) is 9.33. The molecule has 2 nitrogen and oxygen atoms in total. The zero-order chi connectivity index (χ0) is 34.4. The van der Waals surface area contributed by atoms with Gasteiger partial charge in [0.2, 0.25) is 0 Å². The SMILES string of the molecule is c1ccc(-c2ccc3sc4ccc(N(c5ccccc5)c5ccc6c(c5)sc5cc(N(c7ccccc7)c7ccccc7)ccc56)cc4c3c2)cc1. The molecule has 246 valence electrons. The Balaban J connectivity index is 1.09. The number of fused-ring (bicyclic) bond motifs is 6. The first kappa shape index (κ1) is 30.6. The van der Waals surface area contributed by atoms with Crippen LogP contribution < -0.4 is 9.80 Å². The fourth-order valence-electron chi connectivity index (χ4n) is 7.37. The van der Waals surface area contributed by atoms with Crippen molar-refractivity contribution < 1.29 is 0 Å². The van der Waals surface area contributed by atoms with E-state index < -0.39 is 0 Å². The van der Waals surface area contributed by atoms with Crippen molar-refractivity contribution in [2.75, 3.05) is 9.80 Å². The Labute approximate surface area is 310 Å². The van der Waals surface area contributed by atoms with E-state index in [1.807, 2.05) is 22.7 Å². The van der Waals surface area contributed by atoms with Crippen LogP contribution >= 0.6 is 22.7 Å². The molecule has 0 N–H and O–H groups in total. The van der Waals surface area contributed by atoms with Gasteiger partial charge < -0.3 is 9.80 Å². The van der Waals surface area contributed by atoms with Crippen molar-refractivity contribution in [3.05, 3.63) is 194 Å². The topological polar surface area (TPSA) is 6.48 Å². The Hall–Kier alpha value is -6.20. The summed E-state index contributed by atoms with van der Waals surface area (Å²) in [6, 6.07) is 70.3. The van der Waals surface area contributed by atoms with Crippen LogP contribution in [0.3, 0.4) is 0 Å². The Morgan fingerprint density at radius 1 is 0.250 bits per heavy atom. The maximum absolute atomic E-state index is 2.39. The highest BCUT2D eigenvalue weighted by atomic mass is 32.1. The fourth-order valence-corrected chi connectivity index (χ4v) is 9.61. The maximum Gasteiger partial charge on any atom is 0.0476 e. The second-order valence-corrected chi connectivity index (χ2v) is 15.2. The third-order valence-electron chi connectivity index (χ3n) is 9.82. The minimum absolute atomic E-state index is 1.13. The number of para-hydroxylation sites is 3. The van der Waals surface area contributed by atoms with Crippen LogP contribution in [0, 0.1) is 0 Å². The van der Waals surface area contributed by atoms with Gasteiger partial charge in [-0.15, -0.1) is 22.7 Å². The Bertz CT molecular complexity index is 2800. The first-order chi connectivity index (χ1) is 25.8. The smallest absolute Gasteiger partial charge is 0.0476 e. The van der Waals surface area contributed by atoms with Crippen LogP contribution in [0.25, 0.3) is 51.5 Å². The second kappa shape index (κ2) is 12.8. The van der Waals surface area contributed by atoms with Crippen LogP contribution in [0.15, 0.2) is 194 Å². The highest BCUT2D eigenvalue weighted by Gasteiger charge is 2.18. The second-order valence-electron chi connectivity index (χ2n) is 13.0. The monoisotopic (exact) mass is 700 g/mol. The van der Waals surface area contributed by atoms with Crippen LogP contribution in [-0.4, -0.2) is 0 Å². The standard InChI is InChI=1S/C48H32N2S2/c1-5-13-33(14-6-1)34-21-27-45-43(29-34)44-30-38(24-28-46(44)51-45)50(37-19-11-4-12-20-37)40-23-26-42-41-25-22-39(31-47(41)52-48(42)32-40)49(35-15-7-2-8-16-35)36-17-9-3-10-18-36/h1-32H. The Morgan fingerprint density at radius 2 is 0.654 bits per heavy atom. The number of thiophene rings is 2. The van der Waals surface area contributed by atoms with Gasteiger partial charge in [-0.25, -0.2) is 0 Å². The lowest BCUT2D eigenvalue weighted by Gasteiger charge is -2.25. The van der Waals surface area contributed by atoms with Crippen molar-refractivity contribution >= 4 is 97.1 Å². The minimum Gasteiger partial charge on any atom is -0.310 e. The molecule has 0 bridgehead atoms. The van der Waals surface area contributed by atoms with Gasteiger partial charge >= 0.3 is 0 Å². The first-order valence-corrected chi connectivity index (χ1v) is 19.1. The summed E-state index contributed by atoms with van der Waals surface area (Å²) in [4.78, 5) is 4.73. The highest BCUT2D eigenvalue weighted by molar-refractivity contribution is 7.26. The molecule has 0 aliphatic carbocycles. The molecule has 0 fully saturated rings. The number of nitrogens with zero attached hydrogens (tertiary/aromatic N) is 2. The molecule has 0 atom stereocenters. The lowest BCUT2D eigenvalue weighted by molar-refractivity contribution is 1.29. The third-order valence-corrected chi connectivity index (χ3v) is 12.1. The fraction of sp³-hybridized carbons (Fsp3) is 0. The molecule has 2 aromatic heterocycles. The van der Waals surface area contributed by atoms with Crippen LogP contribution in [-0.2, 0) is 0 Å². The molecule has 0 amide bonds. The molecule has 4 heteroatoms. The van der Waals surface area contributed by atoms with Crippen molar-refractivity contribution in [1.29, 1.82) is 0 Å². The molecule has 8 aromatic carbocycles. The number of rotatable bonds is 7. The van der Waals surface area contributed by atoms with Gasteiger partial charge in [-0.2, -0.15) is 0 Å². The number of hydrogen-bond donors (Lipinski definition) is 0. The van der Waals surface area contributed by atoms with E-state index >= 15 is 0 Å². The van der Waals surface area contributed by atoms with Crippen molar-refractivity contribution in [2.45, 2.75) is 0 Å². The van der Waals surface area contributed by atoms with Crippen LogP contribution in [0.5, 0.6) is 0 Å². The normalized spacial score (nSPS) is 11.5. The summed E-state index contributed by atoms with van der Waals surface area (Å²) >= 11 is 3.72. The average Bonchev–Trinajstić information content (AvgIpc) is 3.76. The van der Waals surface area contributed by atoms with E-state index in [1.165, 1.54) is 51.5 Å². The molecule has 10 rings (SSSR count). The van der Waals surface area contributed by atoms with Gasteiger partial charge in [-0.1, -0.05) is 103 Å². The number of benzene rings is 8. The summed E-state index contributed by atoms with van der Waals surface area (Å²) in [5.74, 6) is 0. The predicted octanol–water partition coefficient (Wildman–Crippen LogP) is 15.0. The van der Waals surface area contributed by atoms with Gasteiger partial charge in [0.05, 0.1) is 0 Å². The molecule has 0 saturated carbocycles. The quantitative estimate of drug-likeness (QED) is 0.163. The van der Waals surface area contributed by atoms with Crippen LogP contribution in [0.2, 0.25) is 0 Å². The van der Waals surface area contributed by atoms with E-state index in [-0.39, 0.29) is 0 Å². The molecule has 0 aliphatic rings. The molecule has 0 saturated heterocycles. The van der Waals surface area contributed by atoms with E-state index in [0.717, 1.165) is 34.1 Å². The van der Waals surface area contributed by atoms with Crippen molar-refractivity contribution in [2.24, 2.45) is 0 Å². The predicted molar refractivity (Wildman–Crippen MR) is 227 cm³/mol. The lowest BCUT2D eigenvalue weighted by Crippen LogP contribution is -2.09. The summed E-state index contributed by atoms with van der Waals surface area (Å²) in [5, 5.41) is 5.14. The van der Waals surface area contributed by atoms with E-state index in [9.17, 15) is 0 Å². The Morgan fingerprint density at radius 3 is 1.19 bits per heavy atom. The molecular formula is C48H32N2S2. The summed E-state index contributed by atoms with van der Waals surface area (Å²) < 4.78 is 5.15. The minimum atomic E-state index is 1.13. The average molecular weight is 701 g/mol. The van der Waals surface area contributed by atoms with Gasteiger partial charge in [0, 0.05) is 74.5 Å². The van der Waals surface area contributed by atoms with E-state index in [2.05, 4.69) is 204 Å². The summed E-state index contributed by atoms with van der Waals surface area (Å²) in [6.45, 7) is 0. The van der Waals surface area contributed by atoms with Crippen molar-refractivity contribution in [3.8, 4) is 11.1 Å². The summed E-state index contributed by atoms with van der Waals surface area (Å²) in [6.07, 6.45) is 0. The largest absolute Gasteiger partial charge is 0.310 e. The highest BCUT2D eigenvalue weighted by Crippen LogP contribution is 2.45. The third kappa shape index (κ3) is 5.41. The maximum atomic E-state index is 2.39. The van der Waals surface area contributed by atoms with E-state index in [0.29, 0.717) is 0 Å². The van der Waals surface area contributed by atoms with Crippen LogP contribution in [0.4, 0.5) is 34.1 Å². The molecule has 0 aliphatic heterocycles. The molecule has 0 spiro atoms. The number of anilines is 6. The van der Waals surface area contributed by atoms with E-state index in [4.69, 9.17) is 0 Å². The molecule has 0 unspecified atom stereocenters. The van der Waals surface area contributed by atoms with Gasteiger partial charge in [-0.05, 0) is 102 Å². The Kier molecular flexibility index (Phi) is 7.56. The summed E-state index contributed by atoms with van der Waals surface area (Å²) in [7, 11) is 0. The molecular weight excluding hydrogens is 669 g/mol. The van der Waals surface area contributed by atoms with Gasteiger partial charge in [-0.3, -0.25) is 0 Å². The molecule has 52 heavy (non-hydrogen) atoms. The first-order valence-electron chi connectivity index (χ1n) is 17.5. The molecule has 0 radical (unpaired) electrons. The zero-order valence-electron chi connectivity index (χ0n) is 28.2. The lowest BCUT2D eigenvalue weighted by atomic mass is 10.0. The zero-order valence-corrected chi connectivity index (χ0v) is 29.8. The van der Waals surface area contributed by atoms with Gasteiger partial charge in [0.15, 0.2) is 0 Å². The molecule has 2 heterocycles. The van der Waals surface area contributed by atoms with E-state index in [1.54, 1.807) is 0 Å². The van der Waals surface area contributed by atoms with Gasteiger partial charge in [0.1, 0.15) is 0 Å². The van der Waals surface area contributed by atoms with Crippen molar-refractivity contribution in [3.63, 3.8) is 0 Å². The van der Waals surface area contributed by atoms with Crippen LogP contribution in [0.1, 0.15) is 0 Å².